The van der Waals surface area contributed by atoms with Crippen molar-refractivity contribution in [1.82, 2.24) is 10.1 Å². The van der Waals surface area contributed by atoms with Crippen LogP contribution in [0.5, 0.6) is 0 Å². The van der Waals surface area contributed by atoms with Crippen LogP contribution in [0.1, 0.15) is 32.5 Å². The summed E-state index contributed by atoms with van der Waals surface area (Å²) in [6.45, 7) is 6.85. The third-order valence-corrected chi connectivity index (χ3v) is 1.29. The molecule has 1 aromatic rings. The van der Waals surface area contributed by atoms with E-state index in [2.05, 4.69) is 15.5 Å². The number of hydrogen-bond donors (Lipinski definition) is 1. The van der Waals surface area contributed by atoms with E-state index < -0.39 is 0 Å². The maximum absolute atomic E-state index is 4.89. The first-order valence-corrected chi connectivity index (χ1v) is 3.81. The van der Waals surface area contributed by atoms with Gasteiger partial charge >= 0.3 is 6.01 Å². The van der Waals surface area contributed by atoms with Crippen molar-refractivity contribution in [3.63, 3.8) is 0 Å². The van der Waals surface area contributed by atoms with E-state index in [1.807, 2.05) is 20.8 Å². The van der Waals surface area contributed by atoms with Crippen LogP contribution in [0, 0.1) is 0 Å². The molecule has 0 bridgehead atoms. The third-order valence-electron chi connectivity index (χ3n) is 1.29. The van der Waals surface area contributed by atoms with Crippen LogP contribution in [0.3, 0.4) is 0 Å². The predicted octanol–water partition coefficient (Wildman–Crippen LogP) is 1.62. The summed E-state index contributed by atoms with van der Waals surface area (Å²) in [5, 5.41) is 6.73. The fraction of sp³-hybridized carbons (Fsp3) is 0.714. The van der Waals surface area contributed by atoms with Crippen molar-refractivity contribution in [3.05, 3.63) is 5.82 Å². The van der Waals surface area contributed by atoms with E-state index in [4.69, 9.17) is 4.52 Å². The lowest BCUT2D eigenvalue weighted by atomic mass is 10.2. The molecule has 4 nitrogen and oxygen atoms in total. The van der Waals surface area contributed by atoms with Gasteiger partial charge in [-0.05, 0) is 6.92 Å². The van der Waals surface area contributed by atoms with E-state index in [1.54, 1.807) is 0 Å². The average molecular weight is 155 g/mol. The topological polar surface area (TPSA) is 51.0 Å². The molecular weight excluding hydrogens is 142 g/mol. The van der Waals surface area contributed by atoms with Crippen molar-refractivity contribution in [3.8, 4) is 0 Å². The zero-order chi connectivity index (χ0) is 8.27. The molecular formula is C7H13N3O. The third kappa shape index (κ3) is 1.93. The Morgan fingerprint density at radius 2 is 2.27 bits per heavy atom. The van der Waals surface area contributed by atoms with E-state index in [-0.39, 0.29) is 0 Å². The molecule has 1 rings (SSSR count). The van der Waals surface area contributed by atoms with Gasteiger partial charge in [0.2, 0.25) is 0 Å². The molecule has 0 aliphatic heterocycles. The molecule has 4 heteroatoms. The highest BCUT2D eigenvalue weighted by atomic mass is 16.5. The highest BCUT2D eigenvalue weighted by molar-refractivity contribution is 5.18. The highest BCUT2D eigenvalue weighted by Gasteiger charge is 2.07. The molecule has 0 saturated heterocycles. The summed E-state index contributed by atoms with van der Waals surface area (Å²) in [4.78, 5) is 4.11. The van der Waals surface area contributed by atoms with Crippen LogP contribution in [0.4, 0.5) is 6.01 Å². The van der Waals surface area contributed by atoms with Gasteiger partial charge in [0, 0.05) is 12.5 Å². The van der Waals surface area contributed by atoms with Gasteiger partial charge in [-0.25, -0.2) is 0 Å². The zero-order valence-electron chi connectivity index (χ0n) is 7.09. The van der Waals surface area contributed by atoms with Crippen molar-refractivity contribution in [2.24, 2.45) is 0 Å². The van der Waals surface area contributed by atoms with Gasteiger partial charge in [0.05, 0.1) is 0 Å². The summed E-state index contributed by atoms with van der Waals surface area (Å²) in [6, 6.07) is 0.510. The summed E-state index contributed by atoms with van der Waals surface area (Å²) < 4.78 is 4.89. The summed E-state index contributed by atoms with van der Waals surface area (Å²) in [7, 11) is 0. The van der Waals surface area contributed by atoms with Crippen LogP contribution < -0.4 is 5.32 Å². The lowest BCUT2D eigenvalue weighted by molar-refractivity contribution is 0.419. The first-order chi connectivity index (χ1) is 5.24. The van der Waals surface area contributed by atoms with Crippen LogP contribution in [0.25, 0.3) is 0 Å². The monoisotopic (exact) mass is 155 g/mol. The van der Waals surface area contributed by atoms with Crippen LogP contribution in [0.15, 0.2) is 4.52 Å². The van der Waals surface area contributed by atoms with Crippen molar-refractivity contribution in [2.75, 3.05) is 11.9 Å². The molecule has 0 unspecified atom stereocenters. The van der Waals surface area contributed by atoms with Gasteiger partial charge in [0.15, 0.2) is 5.82 Å². The Bertz CT molecular complexity index is 219. The normalized spacial score (nSPS) is 10.5. The minimum absolute atomic E-state index is 0.325. The Kier molecular flexibility index (Phi) is 2.46. The number of nitrogens with zero attached hydrogens (tertiary/aromatic N) is 2. The maximum Gasteiger partial charge on any atom is 0.321 e. The van der Waals surface area contributed by atoms with Crippen LogP contribution >= 0.6 is 0 Å². The molecule has 0 radical (unpaired) electrons. The molecule has 0 saturated carbocycles. The molecule has 62 valence electrons. The minimum Gasteiger partial charge on any atom is -0.338 e. The molecule has 0 amide bonds. The molecule has 0 fully saturated rings. The fourth-order valence-electron chi connectivity index (χ4n) is 0.692. The van der Waals surface area contributed by atoms with Crippen molar-refractivity contribution >= 4 is 6.01 Å². The zero-order valence-corrected chi connectivity index (χ0v) is 7.09. The summed E-state index contributed by atoms with van der Waals surface area (Å²) in [5.74, 6) is 1.08. The summed E-state index contributed by atoms with van der Waals surface area (Å²) in [5.41, 5.74) is 0. The Morgan fingerprint density at radius 1 is 1.55 bits per heavy atom. The van der Waals surface area contributed by atoms with E-state index in [9.17, 15) is 0 Å². The number of rotatable bonds is 3. The minimum atomic E-state index is 0.325. The van der Waals surface area contributed by atoms with Gasteiger partial charge in [-0.3, -0.25) is 0 Å². The van der Waals surface area contributed by atoms with Gasteiger partial charge in [-0.1, -0.05) is 19.0 Å². The molecule has 0 aliphatic carbocycles. The maximum atomic E-state index is 4.89. The average Bonchev–Trinajstić information content (AvgIpc) is 2.37. The van der Waals surface area contributed by atoms with Gasteiger partial charge < -0.3 is 9.84 Å². The quantitative estimate of drug-likeness (QED) is 0.720. The largest absolute Gasteiger partial charge is 0.338 e. The van der Waals surface area contributed by atoms with Crippen molar-refractivity contribution in [1.29, 1.82) is 0 Å². The number of hydrogen-bond acceptors (Lipinski definition) is 4. The van der Waals surface area contributed by atoms with Crippen LogP contribution in [0.2, 0.25) is 0 Å². The molecule has 0 aliphatic rings. The second-order valence-electron chi connectivity index (χ2n) is 2.64. The Morgan fingerprint density at radius 3 is 2.73 bits per heavy atom. The number of nitrogens with one attached hydrogen (secondary N) is 1. The Balaban J connectivity index is 2.66. The first-order valence-electron chi connectivity index (χ1n) is 3.81. The number of aromatic nitrogens is 2. The second-order valence-corrected chi connectivity index (χ2v) is 2.64. The molecule has 0 atom stereocenters. The Labute approximate surface area is 66.0 Å². The summed E-state index contributed by atoms with van der Waals surface area (Å²) in [6.07, 6.45) is 0. The van der Waals surface area contributed by atoms with E-state index in [0.717, 1.165) is 12.4 Å². The van der Waals surface area contributed by atoms with Crippen molar-refractivity contribution < 1.29 is 4.52 Å². The fourth-order valence-corrected chi connectivity index (χ4v) is 0.692. The van der Waals surface area contributed by atoms with Gasteiger partial charge in [-0.15, -0.1) is 0 Å². The second kappa shape index (κ2) is 3.37. The SMILES string of the molecule is CCNc1nc(C(C)C)no1. The predicted molar refractivity (Wildman–Crippen MR) is 42.6 cm³/mol. The van der Waals surface area contributed by atoms with Gasteiger partial charge in [-0.2, -0.15) is 4.98 Å². The van der Waals surface area contributed by atoms with Gasteiger partial charge in [0.1, 0.15) is 0 Å². The lowest BCUT2D eigenvalue weighted by Crippen LogP contribution is -1.97. The molecule has 1 aromatic heterocycles. The lowest BCUT2D eigenvalue weighted by Gasteiger charge is -1.92. The van der Waals surface area contributed by atoms with Crippen LogP contribution in [-0.4, -0.2) is 16.7 Å². The standard InChI is InChI=1S/C7H13N3O/c1-4-8-7-9-6(5(2)3)10-11-7/h5H,4H2,1-3H3,(H,8,9,10). The summed E-state index contributed by atoms with van der Waals surface area (Å²) >= 11 is 0. The van der Waals surface area contributed by atoms with E-state index >= 15 is 0 Å². The molecule has 1 heterocycles. The number of anilines is 1. The van der Waals surface area contributed by atoms with E-state index in [1.165, 1.54) is 0 Å². The molecule has 11 heavy (non-hydrogen) atoms. The Hall–Kier alpha value is -1.06. The molecule has 0 spiro atoms. The van der Waals surface area contributed by atoms with Crippen LogP contribution in [-0.2, 0) is 0 Å². The molecule has 1 N–H and O–H groups in total. The molecule has 0 aromatic carbocycles. The van der Waals surface area contributed by atoms with E-state index in [0.29, 0.717) is 11.9 Å². The van der Waals surface area contributed by atoms with Gasteiger partial charge in [0.25, 0.3) is 0 Å². The highest BCUT2D eigenvalue weighted by Crippen LogP contribution is 2.11. The first kappa shape index (κ1) is 8.04. The smallest absolute Gasteiger partial charge is 0.321 e. The van der Waals surface area contributed by atoms with Crippen molar-refractivity contribution in [2.45, 2.75) is 26.7 Å².